The first-order chi connectivity index (χ1) is 16.2. The summed E-state index contributed by atoms with van der Waals surface area (Å²) < 4.78 is 46.0. The fourth-order valence-electron chi connectivity index (χ4n) is 4.10. The van der Waals surface area contributed by atoms with Crippen molar-refractivity contribution in [3.8, 4) is 0 Å². The zero-order valence-electron chi connectivity index (χ0n) is 18.4. The SMILES string of the molecule is C[C@@H](OC(=O)C1CCN(S(=O)(=O)c2ccccc2F)CC1)C(=O)N1CC(=O)Nc2ccccc21. The van der Waals surface area contributed by atoms with Crippen molar-refractivity contribution in [1.29, 1.82) is 0 Å². The van der Waals surface area contributed by atoms with E-state index in [1.807, 2.05) is 0 Å². The summed E-state index contributed by atoms with van der Waals surface area (Å²) in [5.74, 6) is -2.92. The Balaban J connectivity index is 1.37. The normalized spacial score (nSPS) is 18.1. The van der Waals surface area contributed by atoms with Crippen LogP contribution in [0.5, 0.6) is 0 Å². The third-order valence-electron chi connectivity index (χ3n) is 5.92. The van der Waals surface area contributed by atoms with Gasteiger partial charge in [0.05, 0.1) is 17.3 Å². The molecule has 9 nitrogen and oxygen atoms in total. The van der Waals surface area contributed by atoms with E-state index in [4.69, 9.17) is 4.74 Å². The van der Waals surface area contributed by atoms with Crippen LogP contribution in [0.1, 0.15) is 19.8 Å². The van der Waals surface area contributed by atoms with Gasteiger partial charge in [0.1, 0.15) is 17.3 Å². The highest BCUT2D eigenvalue weighted by molar-refractivity contribution is 7.89. The number of rotatable bonds is 5. The van der Waals surface area contributed by atoms with E-state index < -0.39 is 44.6 Å². The molecule has 0 bridgehead atoms. The number of hydrogen-bond acceptors (Lipinski definition) is 6. The van der Waals surface area contributed by atoms with Crippen LogP contribution in [0.2, 0.25) is 0 Å². The number of halogens is 1. The molecule has 2 aromatic carbocycles. The van der Waals surface area contributed by atoms with Crippen molar-refractivity contribution in [2.24, 2.45) is 5.92 Å². The lowest BCUT2D eigenvalue weighted by atomic mass is 9.98. The van der Waals surface area contributed by atoms with Crippen molar-refractivity contribution in [2.45, 2.75) is 30.8 Å². The van der Waals surface area contributed by atoms with E-state index in [9.17, 15) is 27.2 Å². The van der Waals surface area contributed by atoms with E-state index in [1.165, 1.54) is 30.0 Å². The molecule has 1 atom stereocenters. The Morgan fingerprint density at radius 2 is 1.74 bits per heavy atom. The third-order valence-corrected chi connectivity index (χ3v) is 7.85. The maximum Gasteiger partial charge on any atom is 0.309 e. The maximum absolute atomic E-state index is 14.0. The van der Waals surface area contributed by atoms with E-state index in [2.05, 4.69) is 5.32 Å². The van der Waals surface area contributed by atoms with Crippen molar-refractivity contribution >= 4 is 39.2 Å². The van der Waals surface area contributed by atoms with Gasteiger partial charge >= 0.3 is 5.97 Å². The predicted octanol–water partition coefficient (Wildman–Crippen LogP) is 2.14. The second-order valence-corrected chi connectivity index (χ2v) is 10.1. The molecule has 34 heavy (non-hydrogen) atoms. The summed E-state index contributed by atoms with van der Waals surface area (Å²) in [6.45, 7) is 1.30. The number of nitrogens with zero attached hydrogens (tertiary/aromatic N) is 2. The number of sulfonamides is 1. The summed E-state index contributed by atoms with van der Waals surface area (Å²) in [6.07, 6.45) is -0.767. The molecule has 0 spiro atoms. The van der Waals surface area contributed by atoms with E-state index in [1.54, 1.807) is 24.3 Å². The lowest BCUT2D eigenvalue weighted by molar-refractivity contribution is -0.159. The highest BCUT2D eigenvalue weighted by Gasteiger charge is 2.36. The summed E-state index contributed by atoms with van der Waals surface area (Å²) in [6, 6.07) is 12.0. The van der Waals surface area contributed by atoms with E-state index in [0.717, 1.165) is 10.4 Å². The number of amides is 2. The molecule has 2 heterocycles. The molecule has 2 aliphatic heterocycles. The van der Waals surface area contributed by atoms with Gasteiger partial charge in [-0.2, -0.15) is 4.31 Å². The summed E-state index contributed by atoms with van der Waals surface area (Å²) in [5, 5.41) is 2.69. The Morgan fingerprint density at radius 1 is 1.09 bits per heavy atom. The minimum Gasteiger partial charge on any atom is -0.452 e. The summed E-state index contributed by atoms with van der Waals surface area (Å²) in [5.41, 5.74) is 1.01. The van der Waals surface area contributed by atoms with Gasteiger partial charge in [0, 0.05) is 13.1 Å². The standard InChI is InChI=1S/C23H24FN3O6S/c1-15(22(29)27-14-21(28)25-18-7-3-4-8-19(18)27)33-23(30)16-10-12-26(13-11-16)34(31,32)20-9-5-2-6-17(20)24/h2-9,15-16H,10-14H2,1H3,(H,25,28)/t15-/m1/s1. The van der Waals surface area contributed by atoms with Crippen molar-refractivity contribution < 1.29 is 31.9 Å². The molecule has 1 fully saturated rings. The third kappa shape index (κ3) is 4.66. The van der Waals surface area contributed by atoms with Crippen LogP contribution < -0.4 is 10.2 Å². The number of ether oxygens (including phenoxy) is 1. The van der Waals surface area contributed by atoms with Crippen LogP contribution in [0.25, 0.3) is 0 Å². The van der Waals surface area contributed by atoms with Gasteiger partial charge in [0.25, 0.3) is 5.91 Å². The Hall–Kier alpha value is -3.31. The fraction of sp³-hybridized carbons (Fsp3) is 0.348. The Morgan fingerprint density at radius 3 is 2.44 bits per heavy atom. The lowest BCUT2D eigenvalue weighted by Gasteiger charge is -2.32. The van der Waals surface area contributed by atoms with Crippen LogP contribution >= 0.6 is 0 Å². The topological polar surface area (TPSA) is 113 Å². The van der Waals surface area contributed by atoms with Crippen LogP contribution in [0.3, 0.4) is 0 Å². The first-order valence-electron chi connectivity index (χ1n) is 10.8. The number of esters is 1. The van der Waals surface area contributed by atoms with E-state index in [-0.39, 0.29) is 38.4 Å². The van der Waals surface area contributed by atoms with Gasteiger partial charge in [-0.1, -0.05) is 24.3 Å². The second-order valence-electron chi connectivity index (χ2n) is 8.18. The highest BCUT2D eigenvalue weighted by atomic mass is 32.2. The smallest absolute Gasteiger partial charge is 0.309 e. The molecule has 0 unspecified atom stereocenters. The second kappa shape index (κ2) is 9.51. The number of anilines is 2. The van der Waals surface area contributed by atoms with E-state index in [0.29, 0.717) is 11.4 Å². The molecule has 180 valence electrons. The van der Waals surface area contributed by atoms with Gasteiger partial charge in [0.15, 0.2) is 6.10 Å². The lowest BCUT2D eigenvalue weighted by Crippen LogP contribution is -2.47. The van der Waals surface area contributed by atoms with Gasteiger partial charge < -0.3 is 10.1 Å². The molecule has 0 saturated carbocycles. The molecule has 1 N–H and O–H groups in total. The van der Waals surface area contributed by atoms with Crippen LogP contribution in [-0.2, 0) is 29.1 Å². The number of carbonyl (C=O) groups excluding carboxylic acids is 3. The minimum absolute atomic E-state index is 0.0262. The Kier molecular flexibility index (Phi) is 6.67. The number of carbonyl (C=O) groups is 3. The summed E-state index contributed by atoms with van der Waals surface area (Å²) >= 11 is 0. The largest absolute Gasteiger partial charge is 0.452 e. The van der Waals surface area contributed by atoms with Crippen LogP contribution in [0.4, 0.5) is 15.8 Å². The Labute approximate surface area is 196 Å². The van der Waals surface area contributed by atoms with Gasteiger partial charge in [0.2, 0.25) is 15.9 Å². The highest BCUT2D eigenvalue weighted by Crippen LogP contribution is 2.30. The average molecular weight is 490 g/mol. The van der Waals surface area contributed by atoms with Crippen LogP contribution in [0.15, 0.2) is 53.4 Å². The van der Waals surface area contributed by atoms with Gasteiger partial charge in [-0.3, -0.25) is 19.3 Å². The molecule has 2 aliphatic rings. The maximum atomic E-state index is 14.0. The molecule has 2 amide bonds. The molecule has 11 heteroatoms. The zero-order chi connectivity index (χ0) is 24.5. The molecule has 4 rings (SSSR count). The fourth-order valence-corrected chi connectivity index (χ4v) is 5.63. The molecular weight excluding hydrogens is 465 g/mol. The molecule has 0 aromatic heterocycles. The zero-order valence-corrected chi connectivity index (χ0v) is 19.3. The number of fused-ring (bicyclic) bond motifs is 1. The summed E-state index contributed by atoms with van der Waals surface area (Å²) in [4.78, 5) is 38.5. The van der Waals surface area contributed by atoms with Gasteiger partial charge in [-0.05, 0) is 44.0 Å². The minimum atomic E-state index is -4.02. The average Bonchev–Trinajstić information content (AvgIpc) is 2.83. The number of para-hydroxylation sites is 2. The quantitative estimate of drug-likeness (QED) is 0.644. The first kappa shape index (κ1) is 23.8. The first-order valence-corrected chi connectivity index (χ1v) is 12.3. The number of nitrogens with one attached hydrogen (secondary N) is 1. The number of benzene rings is 2. The van der Waals surface area contributed by atoms with Crippen LogP contribution in [-0.4, -0.2) is 56.2 Å². The molecule has 1 saturated heterocycles. The van der Waals surface area contributed by atoms with Crippen molar-refractivity contribution in [1.82, 2.24) is 4.31 Å². The summed E-state index contributed by atoms with van der Waals surface area (Å²) in [7, 11) is -4.02. The van der Waals surface area contributed by atoms with Crippen molar-refractivity contribution in [3.63, 3.8) is 0 Å². The molecule has 0 aliphatic carbocycles. The Bertz CT molecular complexity index is 1230. The predicted molar refractivity (Wildman–Crippen MR) is 121 cm³/mol. The molecule has 2 aromatic rings. The van der Waals surface area contributed by atoms with Crippen molar-refractivity contribution in [3.05, 3.63) is 54.3 Å². The number of piperidine rings is 1. The van der Waals surface area contributed by atoms with Crippen LogP contribution in [0, 0.1) is 11.7 Å². The van der Waals surface area contributed by atoms with Crippen molar-refractivity contribution in [2.75, 3.05) is 29.9 Å². The number of hydrogen-bond donors (Lipinski definition) is 1. The van der Waals surface area contributed by atoms with Gasteiger partial charge in [-0.15, -0.1) is 0 Å². The molecular formula is C23H24FN3O6S. The molecule has 0 radical (unpaired) electrons. The van der Waals surface area contributed by atoms with E-state index >= 15 is 0 Å². The van der Waals surface area contributed by atoms with Gasteiger partial charge in [-0.25, -0.2) is 12.8 Å². The monoisotopic (exact) mass is 489 g/mol.